The molecule has 0 atom stereocenters. The molecule has 1 aliphatic rings. The third-order valence-electron chi connectivity index (χ3n) is 7.20. The lowest BCUT2D eigenvalue weighted by atomic mass is 10.1. The minimum absolute atomic E-state index is 0.0627. The van der Waals surface area contributed by atoms with Crippen LogP contribution in [0.2, 0.25) is 10.0 Å². The Morgan fingerprint density at radius 1 is 0.825 bits per heavy atom. The maximum atomic E-state index is 13.8. The van der Waals surface area contributed by atoms with Crippen LogP contribution in [-0.2, 0) is 0 Å². The minimum Gasteiger partial charge on any atom is -0.497 e. The van der Waals surface area contributed by atoms with Gasteiger partial charge in [0.15, 0.2) is 0 Å². The highest BCUT2D eigenvalue weighted by atomic mass is 35.5. The average Bonchev–Trinajstić information content (AvgIpc) is 3.32. The van der Waals surface area contributed by atoms with Crippen molar-refractivity contribution in [2.45, 2.75) is 13.8 Å². The largest absolute Gasteiger partial charge is 0.497 e. The van der Waals surface area contributed by atoms with E-state index in [9.17, 15) is 9.59 Å². The SMILES string of the molecule is COc1ccc(-c2cc(C(=O)N3CCN(C(=O)Nc4c(Cl)cccc4Cl)CC3)c(C)n2-c2ccc(C)cc2)cc1. The van der Waals surface area contributed by atoms with Crippen molar-refractivity contribution in [1.82, 2.24) is 14.4 Å². The van der Waals surface area contributed by atoms with Gasteiger partial charge in [0.25, 0.3) is 5.91 Å². The summed E-state index contributed by atoms with van der Waals surface area (Å²) in [4.78, 5) is 30.1. The van der Waals surface area contributed by atoms with E-state index < -0.39 is 0 Å². The fraction of sp³-hybridized carbons (Fsp3) is 0.226. The number of hydrogen-bond donors (Lipinski definition) is 1. The van der Waals surface area contributed by atoms with Gasteiger partial charge in [0.2, 0.25) is 0 Å². The van der Waals surface area contributed by atoms with E-state index in [4.69, 9.17) is 27.9 Å². The second-order valence-corrected chi connectivity index (χ2v) is 10.5. The van der Waals surface area contributed by atoms with Crippen molar-refractivity contribution >= 4 is 40.8 Å². The molecule has 0 bridgehead atoms. The molecule has 9 heteroatoms. The molecule has 7 nitrogen and oxygen atoms in total. The van der Waals surface area contributed by atoms with Gasteiger partial charge in [-0.25, -0.2) is 4.79 Å². The first-order valence-corrected chi connectivity index (χ1v) is 13.8. The molecule has 1 fully saturated rings. The number of anilines is 1. The number of piperazine rings is 1. The first kappa shape index (κ1) is 27.6. The van der Waals surface area contributed by atoms with E-state index in [1.165, 1.54) is 0 Å². The summed E-state index contributed by atoms with van der Waals surface area (Å²) in [5.74, 6) is 0.705. The number of hydrogen-bond acceptors (Lipinski definition) is 3. The van der Waals surface area contributed by atoms with Crippen LogP contribution in [0.4, 0.5) is 10.5 Å². The quantitative estimate of drug-likeness (QED) is 0.276. The molecule has 2 heterocycles. The Balaban J connectivity index is 1.37. The summed E-state index contributed by atoms with van der Waals surface area (Å²) in [6.45, 7) is 5.63. The second kappa shape index (κ2) is 11.7. The fourth-order valence-electron chi connectivity index (χ4n) is 4.91. The van der Waals surface area contributed by atoms with Crippen LogP contribution in [-0.4, -0.2) is 59.6 Å². The van der Waals surface area contributed by atoms with Gasteiger partial charge in [-0.05, 0) is 74.0 Å². The molecule has 40 heavy (non-hydrogen) atoms. The van der Waals surface area contributed by atoms with E-state index in [2.05, 4.69) is 41.1 Å². The van der Waals surface area contributed by atoms with Gasteiger partial charge >= 0.3 is 6.03 Å². The van der Waals surface area contributed by atoms with E-state index in [-0.39, 0.29) is 11.9 Å². The van der Waals surface area contributed by atoms with Gasteiger partial charge in [-0.1, -0.05) is 47.0 Å². The number of urea groups is 1. The summed E-state index contributed by atoms with van der Waals surface area (Å²) in [7, 11) is 1.64. The summed E-state index contributed by atoms with van der Waals surface area (Å²) < 4.78 is 7.45. The number of nitrogens with zero attached hydrogens (tertiary/aromatic N) is 3. The lowest BCUT2D eigenvalue weighted by Gasteiger charge is -2.34. The predicted octanol–water partition coefficient (Wildman–Crippen LogP) is 7.07. The zero-order valence-electron chi connectivity index (χ0n) is 22.6. The van der Waals surface area contributed by atoms with Crippen LogP contribution in [0.3, 0.4) is 0 Å². The molecule has 1 N–H and O–H groups in total. The van der Waals surface area contributed by atoms with Gasteiger partial charge < -0.3 is 24.4 Å². The summed E-state index contributed by atoms with van der Waals surface area (Å²) in [6.07, 6.45) is 0. The molecule has 0 radical (unpaired) electrons. The monoisotopic (exact) mass is 576 g/mol. The predicted molar refractivity (Wildman–Crippen MR) is 160 cm³/mol. The fourth-order valence-corrected chi connectivity index (χ4v) is 5.40. The van der Waals surface area contributed by atoms with Crippen LogP contribution in [0, 0.1) is 13.8 Å². The van der Waals surface area contributed by atoms with E-state index in [1.807, 2.05) is 37.3 Å². The number of aromatic nitrogens is 1. The van der Waals surface area contributed by atoms with Gasteiger partial charge in [0.05, 0.1) is 34.1 Å². The van der Waals surface area contributed by atoms with E-state index in [1.54, 1.807) is 35.1 Å². The van der Waals surface area contributed by atoms with Gasteiger partial charge in [0, 0.05) is 37.6 Å². The molecule has 5 rings (SSSR count). The highest BCUT2D eigenvalue weighted by Crippen LogP contribution is 2.32. The Morgan fingerprint density at radius 3 is 2.02 bits per heavy atom. The first-order valence-electron chi connectivity index (χ1n) is 13.0. The first-order chi connectivity index (χ1) is 19.3. The Morgan fingerprint density at radius 2 is 1.43 bits per heavy atom. The van der Waals surface area contributed by atoms with E-state index in [0.29, 0.717) is 47.5 Å². The third-order valence-corrected chi connectivity index (χ3v) is 7.83. The molecule has 0 unspecified atom stereocenters. The summed E-state index contributed by atoms with van der Waals surface area (Å²) in [5, 5.41) is 3.54. The van der Waals surface area contributed by atoms with Crippen molar-refractivity contribution < 1.29 is 14.3 Å². The van der Waals surface area contributed by atoms with Crippen LogP contribution in [0.1, 0.15) is 21.6 Å². The minimum atomic E-state index is -0.300. The lowest BCUT2D eigenvalue weighted by Crippen LogP contribution is -2.51. The van der Waals surface area contributed by atoms with Crippen molar-refractivity contribution in [3.63, 3.8) is 0 Å². The molecule has 206 valence electrons. The lowest BCUT2D eigenvalue weighted by molar-refractivity contribution is 0.0671. The topological polar surface area (TPSA) is 66.8 Å². The van der Waals surface area contributed by atoms with Gasteiger partial charge in [-0.3, -0.25) is 4.79 Å². The Hall–Kier alpha value is -3.94. The molecular weight excluding hydrogens is 547 g/mol. The Kier molecular flexibility index (Phi) is 8.05. The molecule has 1 aromatic heterocycles. The Labute approximate surface area is 243 Å². The normalized spacial score (nSPS) is 13.3. The number of halogens is 2. The van der Waals surface area contributed by atoms with Gasteiger partial charge in [-0.2, -0.15) is 0 Å². The zero-order chi connectivity index (χ0) is 28.4. The van der Waals surface area contributed by atoms with Crippen LogP contribution >= 0.6 is 23.2 Å². The second-order valence-electron chi connectivity index (χ2n) is 9.73. The summed E-state index contributed by atoms with van der Waals surface area (Å²) in [6, 6.07) is 22.8. The van der Waals surface area contributed by atoms with E-state index >= 15 is 0 Å². The van der Waals surface area contributed by atoms with Crippen LogP contribution < -0.4 is 10.1 Å². The number of carbonyl (C=O) groups excluding carboxylic acids is 2. The maximum Gasteiger partial charge on any atom is 0.322 e. The van der Waals surface area contributed by atoms with Crippen molar-refractivity contribution in [3.05, 3.63) is 99.7 Å². The number of nitrogens with one attached hydrogen (secondary N) is 1. The molecule has 4 aromatic rings. The van der Waals surface area contributed by atoms with Crippen LogP contribution in [0.25, 0.3) is 16.9 Å². The number of benzene rings is 3. The zero-order valence-corrected chi connectivity index (χ0v) is 24.1. The molecule has 0 aliphatic carbocycles. The molecule has 3 aromatic carbocycles. The maximum absolute atomic E-state index is 13.8. The summed E-state index contributed by atoms with van der Waals surface area (Å²) in [5.41, 5.74) is 5.90. The average molecular weight is 578 g/mol. The van der Waals surface area contributed by atoms with Crippen LogP contribution in [0.15, 0.2) is 72.8 Å². The number of methoxy groups -OCH3 is 1. The molecule has 0 saturated carbocycles. The smallest absolute Gasteiger partial charge is 0.322 e. The number of amides is 3. The van der Waals surface area contributed by atoms with Crippen molar-refractivity contribution in [1.29, 1.82) is 0 Å². The number of para-hydroxylation sites is 1. The number of rotatable bonds is 5. The van der Waals surface area contributed by atoms with Crippen molar-refractivity contribution in [3.8, 4) is 22.7 Å². The van der Waals surface area contributed by atoms with E-state index in [0.717, 1.165) is 34.0 Å². The standard InChI is InChI=1S/C31H30Cl2N4O3/c1-20-7-11-23(12-8-20)37-21(2)25(19-28(37)22-9-13-24(40-3)14-10-22)30(38)35-15-17-36(18-16-35)31(39)34-29-26(32)5-4-6-27(29)33/h4-14,19H,15-18H2,1-3H3,(H,34,39). The van der Waals surface area contributed by atoms with Crippen molar-refractivity contribution in [2.24, 2.45) is 0 Å². The molecule has 3 amide bonds. The number of carbonyl (C=O) groups is 2. The number of aryl methyl sites for hydroxylation is 1. The van der Waals surface area contributed by atoms with Crippen molar-refractivity contribution in [2.75, 3.05) is 38.6 Å². The summed E-state index contributed by atoms with van der Waals surface area (Å²) >= 11 is 12.4. The number of ether oxygens (including phenoxy) is 1. The highest BCUT2D eigenvalue weighted by molar-refractivity contribution is 6.39. The molecule has 1 saturated heterocycles. The Bertz CT molecular complexity index is 1520. The van der Waals surface area contributed by atoms with Gasteiger partial charge in [-0.15, -0.1) is 0 Å². The van der Waals surface area contributed by atoms with Gasteiger partial charge in [0.1, 0.15) is 5.75 Å². The molecular formula is C31H30Cl2N4O3. The molecule has 0 spiro atoms. The van der Waals surface area contributed by atoms with Crippen LogP contribution in [0.5, 0.6) is 5.75 Å². The molecule has 1 aliphatic heterocycles. The third kappa shape index (κ3) is 5.53. The highest BCUT2D eigenvalue weighted by Gasteiger charge is 2.28.